The van der Waals surface area contributed by atoms with Crippen LogP contribution in [-0.2, 0) is 0 Å². The molecule has 0 spiro atoms. The van der Waals surface area contributed by atoms with Crippen LogP contribution >= 0.6 is 0 Å². The van der Waals surface area contributed by atoms with Gasteiger partial charge < -0.3 is 0 Å². The van der Waals surface area contributed by atoms with Crippen LogP contribution in [0.25, 0.3) is 0 Å². The maximum atomic E-state index is 3.83. The minimum atomic E-state index is 0.944. The highest BCUT2D eigenvalue weighted by Gasteiger charge is 1.96. The van der Waals surface area contributed by atoms with Gasteiger partial charge in [0.1, 0.15) is 0 Å². The fourth-order valence-electron chi connectivity index (χ4n) is 4.46. The highest BCUT2D eigenvalue weighted by molar-refractivity contribution is 4.81. The minimum Gasteiger partial charge on any atom is -0.0885 e. The van der Waals surface area contributed by atoms with E-state index in [0.29, 0.717) is 0 Å². The molecule has 1 radical (unpaired) electrons. The normalized spacial score (nSPS) is 11.7. The molecule has 0 nitrogen and oxygen atoms in total. The predicted molar refractivity (Wildman–Crippen MR) is 140 cm³/mol. The first-order valence-electron chi connectivity index (χ1n) is 14.4. The molecule has 0 aliphatic rings. The van der Waals surface area contributed by atoms with Crippen molar-refractivity contribution < 1.29 is 0 Å². The van der Waals surface area contributed by atoms with Crippen molar-refractivity contribution in [3.63, 3.8) is 0 Å². The van der Waals surface area contributed by atoms with E-state index in [1.807, 2.05) is 0 Å². The van der Waals surface area contributed by atoms with Crippen LogP contribution in [0.2, 0.25) is 0 Å². The quantitative estimate of drug-likeness (QED) is 0.0965. The average Bonchev–Trinajstić information content (AvgIpc) is 2.76. The first kappa shape index (κ1) is 29.7. The van der Waals surface area contributed by atoms with Crippen molar-refractivity contribution >= 4 is 0 Å². The summed E-state index contributed by atoms with van der Waals surface area (Å²) in [4.78, 5) is 0. The van der Waals surface area contributed by atoms with Crippen LogP contribution < -0.4 is 0 Å². The fourth-order valence-corrected chi connectivity index (χ4v) is 4.46. The van der Waals surface area contributed by atoms with Crippen LogP contribution in [0, 0.1) is 6.92 Å². The molecule has 0 aliphatic heterocycles. The molecule has 0 unspecified atom stereocenters. The highest BCUT2D eigenvalue weighted by Crippen LogP contribution is 2.15. The summed E-state index contributed by atoms with van der Waals surface area (Å²) >= 11 is 0. The van der Waals surface area contributed by atoms with E-state index in [1.54, 1.807) is 0 Å². The molecule has 0 saturated heterocycles. The van der Waals surface area contributed by atoms with Gasteiger partial charge in [0.25, 0.3) is 0 Å². The van der Waals surface area contributed by atoms with Gasteiger partial charge in [-0.2, -0.15) is 0 Å². The first-order chi connectivity index (χ1) is 14.9. The average molecular weight is 420 g/mol. The third-order valence-electron chi connectivity index (χ3n) is 6.56. The van der Waals surface area contributed by atoms with Gasteiger partial charge in [-0.1, -0.05) is 167 Å². The van der Waals surface area contributed by atoms with Crippen LogP contribution in [0.15, 0.2) is 12.2 Å². The second kappa shape index (κ2) is 28.7. The topological polar surface area (TPSA) is 0 Å². The molecule has 0 aliphatic carbocycles. The van der Waals surface area contributed by atoms with E-state index in [-0.39, 0.29) is 0 Å². The molecule has 0 amide bonds. The van der Waals surface area contributed by atoms with Crippen molar-refractivity contribution in [3.05, 3.63) is 19.1 Å². The maximum Gasteiger partial charge on any atom is -0.0351 e. The fraction of sp³-hybridized carbons (Fsp3) is 0.900. The second-order valence-corrected chi connectivity index (χ2v) is 9.68. The van der Waals surface area contributed by atoms with Gasteiger partial charge in [0.2, 0.25) is 0 Å². The van der Waals surface area contributed by atoms with Crippen LogP contribution in [0.3, 0.4) is 0 Å². The van der Waals surface area contributed by atoms with Crippen molar-refractivity contribution in [3.8, 4) is 0 Å². The lowest BCUT2D eigenvalue weighted by Crippen LogP contribution is -1.84. The Kier molecular flexibility index (Phi) is 28.5. The van der Waals surface area contributed by atoms with Crippen molar-refractivity contribution in [1.29, 1.82) is 0 Å². The Morgan fingerprint density at radius 3 is 0.900 bits per heavy atom. The smallest absolute Gasteiger partial charge is 0.0351 e. The molecule has 0 N–H and O–H groups in total. The van der Waals surface area contributed by atoms with E-state index >= 15 is 0 Å². The largest absolute Gasteiger partial charge is 0.0885 e. The van der Waals surface area contributed by atoms with Gasteiger partial charge in [-0.05, 0) is 26.2 Å². The molecular formula is C30H59. The van der Waals surface area contributed by atoms with Gasteiger partial charge in [0.05, 0.1) is 0 Å². The Morgan fingerprint density at radius 1 is 0.367 bits per heavy atom. The molecule has 0 aromatic heterocycles. The molecule has 0 bridgehead atoms. The lowest BCUT2D eigenvalue weighted by molar-refractivity contribution is 0.517. The zero-order valence-electron chi connectivity index (χ0n) is 21.2. The number of rotatable bonds is 26. The van der Waals surface area contributed by atoms with Crippen LogP contribution in [0.1, 0.15) is 174 Å². The number of unbranched alkanes of at least 4 members (excludes halogenated alkanes) is 24. The van der Waals surface area contributed by atoms with Crippen molar-refractivity contribution in [2.75, 3.05) is 0 Å². The summed E-state index contributed by atoms with van der Waals surface area (Å²) in [5.41, 5.74) is 0. The summed E-state index contributed by atoms with van der Waals surface area (Å²) < 4.78 is 0. The molecule has 30 heavy (non-hydrogen) atoms. The van der Waals surface area contributed by atoms with E-state index in [9.17, 15) is 0 Å². The summed E-state index contributed by atoms with van der Waals surface area (Å²) in [6.07, 6.45) is 41.9. The van der Waals surface area contributed by atoms with Crippen molar-refractivity contribution in [2.24, 2.45) is 0 Å². The number of hydrogen-bond donors (Lipinski definition) is 0. The molecule has 179 valence electrons. The molecule has 0 heteroatoms. The first-order valence-corrected chi connectivity index (χ1v) is 14.4. The standard InChI is InChI=1S/C30H59/c1-3-5-7-9-11-13-15-17-19-21-23-25-27-29-30-28-26-24-22-20-18-16-14-12-10-8-6-4-2/h5,7H,1,3-4,6,8-30H2,2H3. The Balaban J connectivity index is 2.99. The van der Waals surface area contributed by atoms with Gasteiger partial charge in [0, 0.05) is 0 Å². The molecule has 0 heterocycles. The zero-order valence-corrected chi connectivity index (χ0v) is 21.2. The minimum absolute atomic E-state index is 0.944. The van der Waals surface area contributed by atoms with E-state index in [2.05, 4.69) is 26.0 Å². The monoisotopic (exact) mass is 419 g/mol. The van der Waals surface area contributed by atoms with Gasteiger partial charge in [-0.25, -0.2) is 0 Å². The second-order valence-electron chi connectivity index (χ2n) is 9.68. The zero-order chi connectivity index (χ0) is 21.8. The maximum absolute atomic E-state index is 3.83. The third-order valence-corrected chi connectivity index (χ3v) is 6.56. The van der Waals surface area contributed by atoms with Gasteiger partial charge in [0.15, 0.2) is 0 Å². The molecule has 0 aromatic rings. The van der Waals surface area contributed by atoms with Gasteiger partial charge in [-0.3, -0.25) is 0 Å². The van der Waals surface area contributed by atoms with Crippen LogP contribution in [-0.4, -0.2) is 0 Å². The Labute approximate surface area is 193 Å². The van der Waals surface area contributed by atoms with E-state index in [4.69, 9.17) is 0 Å². The molecular weight excluding hydrogens is 360 g/mol. The predicted octanol–water partition coefficient (Wildman–Crippen LogP) is 11.5. The molecule has 0 atom stereocenters. The van der Waals surface area contributed by atoms with E-state index in [0.717, 1.165) is 6.42 Å². The highest BCUT2D eigenvalue weighted by atomic mass is 14.0. The van der Waals surface area contributed by atoms with E-state index in [1.165, 1.54) is 161 Å². The lowest BCUT2D eigenvalue weighted by atomic mass is 10.0. The molecule has 0 fully saturated rings. The number of allylic oxidation sites excluding steroid dienone is 2. The van der Waals surface area contributed by atoms with Gasteiger partial charge >= 0.3 is 0 Å². The summed E-state index contributed by atoms with van der Waals surface area (Å²) in [7, 11) is 0. The Bertz CT molecular complexity index is 303. The Hall–Kier alpha value is -0.260. The van der Waals surface area contributed by atoms with Crippen molar-refractivity contribution in [1.82, 2.24) is 0 Å². The molecule has 0 aromatic carbocycles. The molecule has 0 saturated carbocycles. The van der Waals surface area contributed by atoms with Crippen molar-refractivity contribution in [2.45, 2.75) is 174 Å². The lowest BCUT2D eigenvalue weighted by Gasteiger charge is -2.04. The summed E-state index contributed by atoms with van der Waals surface area (Å²) in [5, 5.41) is 0. The van der Waals surface area contributed by atoms with Gasteiger partial charge in [-0.15, -0.1) is 0 Å². The Morgan fingerprint density at radius 2 is 0.633 bits per heavy atom. The van der Waals surface area contributed by atoms with Crippen LogP contribution in [0.5, 0.6) is 0 Å². The SMILES string of the molecule is [CH2]CC=CCCCCCCCCCCCCCCCCCCCCCCCCCC. The third kappa shape index (κ3) is 27.7. The van der Waals surface area contributed by atoms with E-state index < -0.39 is 0 Å². The number of hydrogen-bond acceptors (Lipinski definition) is 0. The molecule has 0 rings (SSSR count). The van der Waals surface area contributed by atoms with Crippen LogP contribution in [0.4, 0.5) is 0 Å². The summed E-state index contributed by atoms with van der Waals surface area (Å²) in [6.45, 7) is 6.13. The summed E-state index contributed by atoms with van der Waals surface area (Å²) in [6, 6.07) is 0. The summed E-state index contributed by atoms with van der Waals surface area (Å²) in [5.74, 6) is 0.